The molecule has 1 amide bonds. The molecule has 3 N–H and O–H groups in total. The minimum Gasteiger partial charge on any atom is -0.480 e. The molecule has 0 radical (unpaired) electrons. The molecule has 0 saturated heterocycles. The Balaban J connectivity index is 2.90. The van der Waals surface area contributed by atoms with Crippen LogP contribution in [0.1, 0.15) is 0 Å². The van der Waals surface area contributed by atoms with Gasteiger partial charge in [0.1, 0.15) is 6.54 Å². The first kappa shape index (κ1) is 12.3. The van der Waals surface area contributed by atoms with Crippen LogP contribution in [0.2, 0.25) is 5.02 Å². The number of hydrogen-bond acceptors (Lipinski definition) is 3. The maximum atomic E-state index is 10.8. The van der Waals surface area contributed by atoms with Gasteiger partial charge in [-0.25, -0.2) is 0 Å². The van der Waals surface area contributed by atoms with E-state index >= 15 is 0 Å². The molecule has 86 valence electrons. The predicted molar refractivity (Wildman–Crippen MR) is 60.5 cm³/mol. The van der Waals surface area contributed by atoms with Crippen LogP contribution >= 0.6 is 11.6 Å². The van der Waals surface area contributed by atoms with E-state index in [9.17, 15) is 9.59 Å². The molecule has 0 heterocycles. The minimum atomic E-state index is -1.04. The van der Waals surface area contributed by atoms with Crippen molar-refractivity contribution in [1.82, 2.24) is 0 Å². The van der Waals surface area contributed by atoms with Crippen molar-refractivity contribution in [3.63, 3.8) is 0 Å². The van der Waals surface area contributed by atoms with Crippen LogP contribution in [0.5, 0.6) is 0 Å². The summed E-state index contributed by atoms with van der Waals surface area (Å²) in [6.07, 6.45) is 0. The Morgan fingerprint density at radius 1 is 1.38 bits per heavy atom. The summed E-state index contributed by atoms with van der Waals surface area (Å²) in [5, 5.41) is 9.17. The molecule has 6 heteroatoms. The van der Waals surface area contributed by atoms with Gasteiger partial charge in [-0.3, -0.25) is 9.59 Å². The van der Waals surface area contributed by atoms with Gasteiger partial charge >= 0.3 is 5.97 Å². The highest BCUT2D eigenvalue weighted by Crippen LogP contribution is 2.18. The fourth-order valence-electron chi connectivity index (χ4n) is 1.26. The molecule has 1 aromatic rings. The minimum absolute atomic E-state index is 0.160. The first-order chi connectivity index (χ1) is 7.49. The van der Waals surface area contributed by atoms with Crippen LogP contribution in [0, 0.1) is 0 Å². The van der Waals surface area contributed by atoms with Crippen LogP contribution in [0.15, 0.2) is 24.3 Å². The van der Waals surface area contributed by atoms with E-state index in [1.807, 2.05) is 0 Å². The maximum absolute atomic E-state index is 10.8. The molecule has 5 nitrogen and oxygen atoms in total. The summed E-state index contributed by atoms with van der Waals surface area (Å²) in [5.74, 6) is -1.64. The van der Waals surface area contributed by atoms with Gasteiger partial charge in [0.15, 0.2) is 0 Å². The van der Waals surface area contributed by atoms with E-state index < -0.39 is 11.9 Å². The van der Waals surface area contributed by atoms with Crippen molar-refractivity contribution in [1.29, 1.82) is 0 Å². The number of benzene rings is 1. The summed E-state index contributed by atoms with van der Waals surface area (Å²) in [5.41, 5.74) is 5.59. The molecule has 0 saturated carbocycles. The Morgan fingerprint density at radius 3 is 2.56 bits per heavy atom. The van der Waals surface area contributed by atoms with Gasteiger partial charge in [0, 0.05) is 10.7 Å². The SMILES string of the molecule is NC(=O)CN(CC(=O)O)c1cccc(Cl)c1. The van der Waals surface area contributed by atoms with Gasteiger partial charge in [-0.1, -0.05) is 17.7 Å². The Bertz CT molecular complexity index is 393. The molecule has 0 aliphatic rings. The number of primary amides is 1. The number of carboxylic acids is 1. The van der Waals surface area contributed by atoms with Crippen molar-refractivity contribution in [2.45, 2.75) is 0 Å². The zero-order valence-corrected chi connectivity index (χ0v) is 9.15. The van der Waals surface area contributed by atoms with Crippen molar-refractivity contribution in [3.8, 4) is 0 Å². The number of carbonyl (C=O) groups excluding carboxylic acids is 1. The van der Waals surface area contributed by atoms with E-state index in [0.29, 0.717) is 10.7 Å². The summed E-state index contributed by atoms with van der Waals surface area (Å²) in [6, 6.07) is 6.58. The Kier molecular flexibility index (Phi) is 4.13. The smallest absolute Gasteiger partial charge is 0.323 e. The Hall–Kier alpha value is -1.75. The lowest BCUT2D eigenvalue weighted by Gasteiger charge is -2.21. The zero-order valence-electron chi connectivity index (χ0n) is 8.39. The number of aliphatic carboxylic acids is 1. The lowest BCUT2D eigenvalue weighted by molar-refractivity contribution is -0.135. The summed E-state index contributed by atoms with van der Waals surface area (Å²) in [6.45, 7) is -0.462. The van der Waals surface area contributed by atoms with Gasteiger partial charge in [0.25, 0.3) is 0 Å². The van der Waals surface area contributed by atoms with E-state index in [1.165, 1.54) is 4.90 Å². The highest BCUT2D eigenvalue weighted by Gasteiger charge is 2.13. The molecular weight excluding hydrogens is 232 g/mol. The van der Waals surface area contributed by atoms with Crippen LogP contribution in [0.3, 0.4) is 0 Å². The fraction of sp³-hybridized carbons (Fsp3) is 0.200. The quantitative estimate of drug-likeness (QED) is 0.797. The Labute approximate surface area is 97.4 Å². The molecule has 16 heavy (non-hydrogen) atoms. The van der Waals surface area contributed by atoms with E-state index in [-0.39, 0.29) is 13.1 Å². The predicted octanol–water partition coefficient (Wildman–Crippen LogP) is 0.716. The lowest BCUT2D eigenvalue weighted by Crippen LogP contribution is -2.37. The number of amides is 1. The number of carbonyl (C=O) groups is 2. The first-order valence-corrected chi connectivity index (χ1v) is 4.87. The molecule has 0 atom stereocenters. The van der Waals surface area contributed by atoms with Gasteiger partial charge in [0.2, 0.25) is 5.91 Å². The molecule has 0 fully saturated rings. The summed E-state index contributed by atoms with van der Waals surface area (Å²) >= 11 is 5.77. The van der Waals surface area contributed by atoms with Crippen molar-refractivity contribution >= 4 is 29.2 Å². The van der Waals surface area contributed by atoms with Crippen molar-refractivity contribution in [2.75, 3.05) is 18.0 Å². The number of anilines is 1. The third-order valence-corrected chi connectivity index (χ3v) is 2.08. The molecule has 0 unspecified atom stereocenters. The molecule has 0 bridgehead atoms. The van der Waals surface area contributed by atoms with Crippen molar-refractivity contribution in [2.24, 2.45) is 5.73 Å². The highest BCUT2D eigenvalue weighted by atomic mass is 35.5. The summed E-state index contributed by atoms with van der Waals surface area (Å²) in [4.78, 5) is 22.8. The Morgan fingerprint density at radius 2 is 2.06 bits per heavy atom. The number of nitrogens with zero attached hydrogens (tertiary/aromatic N) is 1. The largest absolute Gasteiger partial charge is 0.480 e. The normalized spacial score (nSPS) is 9.81. The molecular formula is C10H11ClN2O3. The first-order valence-electron chi connectivity index (χ1n) is 4.49. The second-order valence-electron chi connectivity index (χ2n) is 3.20. The third-order valence-electron chi connectivity index (χ3n) is 1.85. The van der Waals surface area contributed by atoms with Gasteiger partial charge in [-0.2, -0.15) is 0 Å². The number of hydrogen-bond donors (Lipinski definition) is 2. The van der Waals surface area contributed by atoms with Crippen LogP contribution < -0.4 is 10.6 Å². The second kappa shape index (κ2) is 5.37. The van der Waals surface area contributed by atoms with E-state index in [0.717, 1.165) is 0 Å². The lowest BCUT2D eigenvalue weighted by atomic mass is 10.3. The zero-order chi connectivity index (χ0) is 12.1. The standard InChI is InChI=1S/C10H11ClN2O3/c11-7-2-1-3-8(4-7)13(5-9(12)14)6-10(15)16/h1-4H,5-6H2,(H2,12,14)(H,15,16). The molecule has 1 aromatic carbocycles. The molecule has 0 spiro atoms. The van der Waals surface area contributed by atoms with Gasteiger partial charge < -0.3 is 15.7 Å². The van der Waals surface area contributed by atoms with E-state index in [1.54, 1.807) is 24.3 Å². The average molecular weight is 243 g/mol. The van der Waals surface area contributed by atoms with Crippen molar-refractivity contribution in [3.05, 3.63) is 29.3 Å². The molecule has 0 aliphatic heterocycles. The summed E-state index contributed by atoms with van der Waals surface area (Å²) < 4.78 is 0. The maximum Gasteiger partial charge on any atom is 0.323 e. The second-order valence-corrected chi connectivity index (χ2v) is 3.63. The monoisotopic (exact) mass is 242 g/mol. The molecule has 1 rings (SSSR count). The van der Waals surface area contributed by atoms with Crippen molar-refractivity contribution < 1.29 is 14.7 Å². The fourth-order valence-corrected chi connectivity index (χ4v) is 1.45. The van der Waals surface area contributed by atoms with Gasteiger partial charge in [-0.15, -0.1) is 0 Å². The molecule has 0 aliphatic carbocycles. The van der Waals surface area contributed by atoms with E-state index in [2.05, 4.69) is 0 Å². The number of halogens is 1. The summed E-state index contributed by atoms with van der Waals surface area (Å²) in [7, 11) is 0. The average Bonchev–Trinajstić information content (AvgIpc) is 2.15. The highest BCUT2D eigenvalue weighted by molar-refractivity contribution is 6.30. The number of carboxylic acid groups (broad SMARTS) is 1. The van der Waals surface area contributed by atoms with Crippen LogP contribution in [0.4, 0.5) is 5.69 Å². The number of rotatable bonds is 5. The van der Waals surface area contributed by atoms with Crippen LogP contribution in [0.25, 0.3) is 0 Å². The van der Waals surface area contributed by atoms with Gasteiger partial charge in [-0.05, 0) is 18.2 Å². The van der Waals surface area contributed by atoms with Crippen LogP contribution in [-0.4, -0.2) is 30.1 Å². The van der Waals surface area contributed by atoms with Crippen LogP contribution in [-0.2, 0) is 9.59 Å². The van der Waals surface area contributed by atoms with Gasteiger partial charge in [0.05, 0.1) is 6.54 Å². The van der Waals surface area contributed by atoms with E-state index in [4.69, 9.17) is 22.4 Å². The topological polar surface area (TPSA) is 83.6 Å². The molecule has 0 aromatic heterocycles. The third kappa shape index (κ3) is 3.78. The number of nitrogens with two attached hydrogens (primary N) is 1.